The number of hydrogen-bond donors (Lipinski definition) is 1. The second-order valence-electron chi connectivity index (χ2n) is 6.94. The molecule has 5 heteroatoms. The number of nitrogens with zero attached hydrogens (tertiary/aromatic N) is 1. The Bertz CT molecular complexity index is 1330. The van der Waals surface area contributed by atoms with Gasteiger partial charge in [-0.1, -0.05) is 36.4 Å². The summed E-state index contributed by atoms with van der Waals surface area (Å²) in [6.45, 7) is 0. The molecule has 31 heavy (non-hydrogen) atoms. The monoisotopic (exact) mass is 406 g/mol. The zero-order valence-corrected chi connectivity index (χ0v) is 16.5. The highest BCUT2D eigenvalue weighted by Crippen LogP contribution is 2.27. The molecule has 0 fully saturated rings. The fraction of sp³-hybridized carbons (Fsp3) is 0. The lowest BCUT2D eigenvalue weighted by Crippen LogP contribution is -2.13. The Kier molecular flexibility index (Phi) is 4.91. The lowest BCUT2D eigenvalue weighted by Gasteiger charge is -2.11. The maximum atomic E-state index is 13.1. The number of carbonyl (C=O) groups excluding carboxylic acids is 1. The van der Waals surface area contributed by atoms with Crippen molar-refractivity contribution in [1.82, 2.24) is 4.98 Å². The molecular formula is C26H18N2O3. The fourth-order valence-electron chi connectivity index (χ4n) is 3.34. The van der Waals surface area contributed by atoms with Crippen LogP contribution < -0.4 is 10.1 Å². The van der Waals surface area contributed by atoms with Crippen LogP contribution in [-0.2, 0) is 0 Å². The quantitative estimate of drug-likeness (QED) is 0.360. The third kappa shape index (κ3) is 4.02. The van der Waals surface area contributed by atoms with Crippen LogP contribution in [-0.4, -0.2) is 10.9 Å². The van der Waals surface area contributed by atoms with E-state index < -0.39 is 0 Å². The first-order valence-electron chi connectivity index (χ1n) is 9.84. The van der Waals surface area contributed by atoms with Crippen LogP contribution in [0.2, 0.25) is 0 Å². The van der Waals surface area contributed by atoms with Crippen LogP contribution in [0.3, 0.4) is 0 Å². The number of fused-ring (bicyclic) bond motifs is 1. The van der Waals surface area contributed by atoms with Crippen LogP contribution in [0.5, 0.6) is 11.5 Å². The van der Waals surface area contributed by atoms with Crippen LogP contribution in [0.25, 0.3) is 22.4 Å². The summed E-state index contributed by atoms with van der Waals surface area (Å²) in [5, 5.41) is 3.74. The molecule has 2 aromatic heterocycles. The number of aromatic nitrogens is 1. The van der Waals surface area contributed by atoms with Gasteiger partial charge in [0.05, 0.1) is 17.3 Å². The molecule has 5 aromatic rings. The molecule has 0 aliphatic rings. The lowest BCUT2D eigenvalue weighted by atomic mass is 10.1. The van der Waals surface area contributed by atoms with E-state index in [0.29, 0.717) is 28.5 Å². The van der Waals surface area contributed by atoms with E-state index in [9.17, 15) is 4.79 Å². The molecule has 0 saturated carbocycles. The Morgan fingerprint density at radius 2 is 1.55 bits per heavy atom. The van der Waals surface area contributed by atoms with E-state index in [1.807, 2.05) is 84.9 Å². The van der Waals surface area contributed by atoms with Crippen molar-refractivity contribution in [3.8, 4) is 23.0 Å². The molecule has 5 nitrogen and oxygen atoms in total. The minimum Gasteiger partial charge on any atom is -0.463 e. The molecule has 3 aromatic carbocycles. The van der Waals surface area contributed by atoms with E-state index in [-0.39, 0.29) is 5.91 Å². The highest BCUT2D eigenvalue weighted by molar-refractivity contribution is 6.13. The number of carbonyl (C=O) groups is 1. The van der Waals surface area contributed by atoms with Crippen LogP contribution in [0.15, 0.2) is 108 Å². The summed E-state index contributed by atoms with van der Waals surface area (Å²) in [5.41, 5.74) is 2.54. The first-order valence-corrected chi connectivity index (χ1v) is 9.84. The van der Waals surface area contributed by atoms with Crippen molar-refractivity contribution in [2.75, 3.05) is 5.32 Å². The number of hydrogen-bond acceptors (Lipinski definition) is 4. The van der Waals surface area contributed by atoms with Crippen LogP contribution in [0.4, 0.5) is 5.69 Å². The lowest BCUT2D eigenvalue weighted by molar-refractivity contribution is 0.102. The van der Waals surface area contributed by atoms with Crippen LogP contribution in [0.1, 0.15) is 10.4 Å². The normalized spacial score (nSPS) is 10.7. The smallest absolute Gasteiger partial charge is 0.256 e. The van der Waals surface area contributed by atoms with Gasteiger partial charge in [0.25, 0.3) is 5.91 Å². The van der Waals surface area contributed by atoms with Gasteiger partial charge >= 0.3 is 0 Å². The van der Waals surface area contributed by atoms with Gasteiger partial charge in [-0.25, -0.2) is 4.98 Å². The molecular weight excluding hydrogens is 388 g/mol. The molecule has 1 N–H and O–H groups in total. The Morgan fingerprint density at radius 3 is 2.32 bits per heavy atom. The van der Waals surface area contributed by atoms with E-state index in [2.05, 4.69) is 10.3 Å². The third-order valence-corrected chi connectivity index (χ3v) is 4.83. The summed E-state index contributed by atoms with van der Waals surface area (Å²) in [6.07, 6.45) is 1.59. The molecule has 0 unspecified atom stereocenters. The van der Waals surface area contributed by atoms with Gasteiger partial charge in [0.2, 0.25) is 0 Å². The standard InChI is InChI=1S/C26H18N2O3/c29-26(27-18-12-14-20(15-13-18)31-19-7-2-1-3-8-19)22-17-24(25-11-6-16-30-25)28-23-10-5-4-9-21(22)23/h1-17H,(H,27,29). The summed E-state index contributed by atoms with van der Waals surface area (Å²) >= 11 is 0. The molecule has 5 rings (SSSR count). The Morgan fingerprint density at radius 1 is 0.806 bits per heavy atom. The van der Waals surface area contributed by atoms with Crippen molar-refractivity contribution in [2.45, 2.75) is 0 Å². The molecule has 0 spiro atoms. The highest BCUT2D eigenvalue weighted by atomic mass is 16.5. The van der Waals surface area contributed by atoms with Crippen molar-refractivity contribution in [1.29, 1.82) is 0 Å². The molecule has 0 saturated heterocycles. The zero-order valence-electron chi connectivity index (χ0n) is 16.5. The maximum absolute atomic E-state index is 13.1. The van der Waals surface area contributed by atoms with Crippen molar-refractivity contribution in [3.63, 3.8) is 0 Å². The van der Waals surface area contributed by atoms with E-state index in [1.165, 1.54) is 0 Å². The fourth-order valence-corrected chi connectivity index (χ4v) is 3.34. The van der Waals surface area contributed by atoms with Gasteiger partial charge in [-0.3, -0.25) is 4.79 Å². The Labute approximate surface area is 178 Å². The second kappa shape index (κ2) is 8.16. The van der Waals surface area contributed by atoms with Gasteiger partial charge < -0.3 is 14.5 Å². The maximum Gasteiger partial charge on any atom is 0.256 e. The summed E-state index contributed by atoms with van der Waals surface area (Å²) in [7, 11) is 0. The Hall–Kier alpha value is -4.38. The number of pyridine rings is 1. The SMILES string of the molecule is O=C(Nc1ccc(Oc2ccccc2)cc1)c1cc(-c2ccco2)nc2ccccc12. The van der Waals surface area contributed by atoms with Gasteiger partial charge in [0, 0.05) is 11.1 Å². The average molecular weight is 406 g/mol. The van der Waals surface area contributed by atoms with Crippen molar-refractivity contribution in [2.24, 2.45) is 0 Å². The predicted octanol–water partition coefficient (Wildman–Crippen LogP) is 6.54. The minimum atomic E-state index is -0.219. The number of furan rings is 1. The molecule has 150 valence electrons. The second-order valence-corrected chi connectivity index (χ2v) is 6.94. The van der Waals surface area contributed by atoms with Gasteiger partial charge in [0.1, 0.15) is 17.2 Å². The van der Waals surface area contributed by atoms with Gasteiger partial charge in [0.15, 0.2) is 5.76 Å². The van der Waals surface area contributed by atoms with E-state index in [1.54, 1.807) is 18.4 Å². The van der Waals surface area contributed by atoms with Gasteiger partial charge in [-0.2, -0.15) is 0 Å². The van der Waals surface area contributed by atoms with Crippen LogP contribution >= 0.6 is 0 Å². The first kappa shape index (κ1) is 18.6. The summed E-state index contributed by atoms with van der Waals surface area (Å²) in [4.78, 5) is 17.8. The van der Waals surface area contributed by atoms with Crippen molar-refractivity contribution >= 4 is 22.5 Å². The first-order chi connectivity index (χ1) is 15.3. The molecule has 1 amide bonds. The minimum absolute atomic E-state index is 0.219. The number of ether oxygens (including phenoxy) is 1. The molecule has 0 aliphatic carbocycles. The van der Waals surface area contributed by atoms with Crippen molar-refractivity contribution < 1.29 is 13.9 Å². The zero-order chi connectivity index (χ0) is 21.0. The van der Waals surface area contributed by atoms with Crippen LogP contribution in [0, 0.1) is 0 Å². The highest BCUT2D eigenvalue weighted by Gasteiger charge is 2.15. The van der Waals surface area contributed by atoms with E-state index in [4.69, 9.17) is 9.15 Å². The summed E-state index contributed by atoms with van der Waals surface area (Å²) < 4.78 is 11.3. The predicted molar refractivity (Wildman–Crippen MR) is 120 cm³/mol. The van der Waals surface area contributed by atoms with Gasteiger partial charge in [-0.05, 0) is 60.7 Å². The Balaban J connectivity index is 1.41. The number of para-hydroxylation sites is 2. The number of anilines is 1. The van der Waals surface area contributed by atoms with Gasteiger partial charge in [-0.15, -0.1) is 0 Å². The summed E-state index contributed by atoms with van der Waals surface area (Å²) in [5.74, 6) is 1.84. The topological polar surface area (TPSA) is 64.4 Å². The molecule has 0 radical (unpaired) electrons. The third-order valence-electron chi connectivity index (χ3n) is 4.83. The number of rotatable bonds is 5. The number of benzene rings is 3. The van der Waals surface area contributed by atoms with Crippen molar-refractivity contribution in [3.05, 3.63) is 109 Å². The molecule has 0 aliphatic heterocycles. The molecule has 2 heterocycles. The number of nitrogens with one attached hydrogen (secondary N) is 1. The van der Waals surface area contributed by atoms with E-state index in [0.717, 1.165) is 16.7 Å². The average Bonchev–Trinajstić information content (AvgIpc) is 3.35. The van der Waals surface area contributed by atoms with E-state index >= 15 is 0 Å². The number of amides is 1. The largest absolute Gasteiger partial charge is 0.463 e. The summed E-state index contributed by atoms with van der Waals surface area (Å²) in [6, 6.07) is 29.8. The molecule has 0 bridgehead atoms. The molecule has 0 atom stereocenters.